The van der Waals surface area contributed by atoms with Gasteiger partial charge in [-0.25, -0.2) is 0 Å². The lowest BCUT2D eigenvalue weighted by Crippen LogP contribution is -2.11. The van der Waals surface area contributed by atoms with Crippen molar-refractivity contribution < 1.29 is 17.9 Å². The van der Waals surface area contributed by atoms with Crippen LogP contribution in [0.2, 0.25) is 0 Å². The first-order valence-electron chi connectivity index (χ1n) is 5.47. The highest BCUT2D eigenvalue weighted by molar-refractivity contribution is 7.10. The minimum atomic E-state index is -4.32. The summed E-state index contributed by atoms with van der Waals surface area (Å²) in [6.45, 7) is 0. The van der Waals surface area contributed by atoms with Crippen LogP contribution in [0.3, 0.4) is 0 Å². The average molecular weight is 287 g/mol. The predicted molar refractivity (Wildman–Crippen MR) is 68.3 cm³/mol. The molecule has 0 aliphatic rings. The summed E-state index contributed by atoms with van der Waals surface area (Å²) < 4.78 is 42.4. The zero-order valence-corrected chi connectivity index (χ0v) is 10.9. The van der Waals surface area contributed by atoms with Crippen molar-refractivity contribution in [1.29, 1.82) is 0 Å². The van der Waals surface area contributed by atoms with E-state index < -0.39 is 17.8 Å². The van der Waals surface area contributed by atoms with E-state index in [1.807, 2.05) is 0 Å². The number of hydrogen-bond acceptors (Lipinski definition) is 3. The Kier molecular flexibility index (Phi) is 3.82. The molecule has 0 aliphatic heterocycles. The highest BCUT2D eigenvalue weighted by Gasteiger charge is 2.30. The van der Waals surface area contributed by atoms with Gasteiger partial charge in [0, 0.05) is 10.3 Å². The minimum Gasteiger partial charge on any atom is -0.496 e. The number of benzene rings is 1. The van der Waals surface area contributed by atoms with Gasteiger partial charge in [0.1, 0.15) is 5.75 Å². The summed E-state index contributed by atoms with van der Waals surface area (Å²) >= 11 is 1.41. The third-order valence-electron chi connectivity index (χ3n) is 2.74. The van der Waals surface area contributed by atoms with Gasteiger partial charge in [0.15, 0.2) is 0 Å². The number of alkyl halides is 3. The van der Waals surface area contributed by atoms with Gasteiger partial charge in [-0.2, -0.15) is 13.2 Å². The Bertz CT molecular complexity index is 548. The zero-order valence-electron chi connectivity index (χ0n) is 10.1. The first-order valence-corrected chi connectivity index (χ1v) is 6.35. The summed E-state index contributed by atoms with van der Waals surface area (Å²) in [5.74, 6) is 0.697. The van der Waals surface area contributed by atoms with Crippen LogP contribution in [-0.4, -0.2) is 7.11 Å². The van der Waals surface area contributed by atoms with Crippen molar-refractivity contribution in [3.05, 3.63) is 51.7 Å². The van der Waals surface area contributed by atoms with Crippen LogP contribution in [0.4, 0.5) is 13.2 Å². The Morgan fingerprint density at radius 1 is 1.21 bits per heavy atom. The number of methoxy groups -OCH3 is 1. The maximum Gasteiger partial charge on any atom is 0.416 e. The van der Waals surface area contributed by atoms with Crippen molar-refractivity contribution in [1.82, 2.24) is 0 Å². The molecule has 0 aliphatic carbocycles. The number of ether oxygens (including phenoxy) is 1. The van der Waals surface area contributed by atoms with Gasteiger partial charge in [-0.05, 0) is 23.8 Å². The van der Waals surface area contributed by atoms with Crippen molar-refractivity contribution in [2.45, 2.75) is 12.2 Å². The van der Waals surface area contributed by atoms with Crippen LogP contribution < -0.4 is 10.5 Å². The molecule has 2 nitrogen and oxygen atoms in total. The molecule has 0 saturated carbocycles. The van der Waals surface area contributed by atoms with E-state index in [1.54, 1.807) is 18.6 Å². The number of thiophene rings is 1. The number of rotatable bonds is 3. The normalized spacial score (nSPS) is 13.3. The molecule has 1 heterocycles. The van der Waals surface area contributed by atoms with Gasteiger partial charge in [-0.15, -0.1) is 11.3 Å². The lowest BCUT2D eigenvalue weighted by molar-refractivity contribution is -0.137. The van der Waals surface area contributed by atoms with E-state index in [-0.39, 0.29) is 0 Å². The number of nitrogens with two attached hydrogens (primary N) is 1. The third kappa shape index (κ3) is 3.08. The number of halogens is 3. The molecule has 2 rings (SSSR count). The second-order valence-electron chi connectivity index (χ2n) is 3.99. The SMILES string of the molecule is COc1csc(C(N)c2ccc(C(F)(F)F)cc2)c1. The topological polar surface area (TPSA) is 35.2 Å². The molecule has 2 N–H and O–H groups in total. The van der Waals surface area contributed by atoms with Crippen LogP contribution in [0.25, 0.3) is 0 Å². The van der Waals surface area contributed by atoms with Crippen LogP contribution in [0.1, 0.15) is 22.0 Å². The molecule has 102 valence electrons. The molecule has 2 aromatic rings. The van der Waals surface area contributed by atoms with Crippen LogP contribution in [0.15, 0.2) is 35.7 Å². The monoisotopic (exact) mass is 287 g/mol. The third-order valence-corrected chi connectivity index (χ3v) is 3.73. The first kappa shape index (κ1) is 13.9. The molecule has 0 saturated heterocycles. The average Bonchev–Trinajstić information content (AvgIpc) is 2.86. The van der Waals surface area contributed by atoms with Crippen molar-refractivity contribution in [2.75, 3.05) is 7.11 Å². The van der Waals surface area contributed by atoms with E-state index in [0.29, 0.717) is 11.3 Å². The van der Waals surface area contributed by atoms with Gasteiger partial charge < -0.3 is 10.5 Å². The van der Waals surface area contributed by atoms with Crippen molar-refractivity contribution >= 4 is 11.3 Å². The van der Waals surface area contributed by atoms with Crippen molar-refractivity contribution in [2.24, 2.45) is 5.73 Å². The van der Waals surface area contributed by atoms with Crippen molar-refractivity contribution in [3.63, 3.8) is 0 Å². The second-order valence-corrected chi connectivity index (χ2v) is 4.93. The van der Waals surface area contributed by atoms with Gasteiger partial charge in [-0.1, -0.05) is 12.1 Å². The van der Waals surface area contributed by atoms with E-state index in [0.717, 1.165) is 17.0 Å². The van der Waals surface area contributed by atoms with Crippen LogP contribution in [-0.2, 0) is 6.18 Å². The summed E-state index contributed by atoms with van der Waals surface area (Å²) in [5.41, 5.74) is 5.98. The van der Waals surface area contributed by atoms with Gasteiger partial charge in [0.05, 0.1) is 18.7 Å². The Balaban J connectivity index is 2.22. The molecule has 0 bridgehead atoms. The van der Waals surface area contributed by atoms with Gasteiger partial charge >= 0.3 is 6.18 Å². The molecule has 1 aromatic heterocycles. The molecule has 0 radical (unpaired) electrons. The lowest BCUT2D eigenvalue weighted by atomic mass is 10.0. The molecule has 1 atom stereocenters. The summed E-state index contributed by atoms with van der Waals surface area (Å²) in [7, 11) is 1.55. The van der Waals surface area contributed by atoms with Gasteiger partial charge in [0.25, 0.3) is 0 Å². The summed E-state index contributed by atoms with van der Waals surface area (Å²) in [6.07, 6.45) is -4.32. The van der Waals surface area contributed by atoms with Crippen LogP contribution in [0.5, 0.6) is 5.75 Å². The number of hydrogen-bond donors (Lipinski definition) is 1. The molecule has 0 amide bonds. The Hall–Kier alpha value is -1.53. The standard InChI is InChI=1S/C13H12F3NOS/c1-18-10-6-11(19-7-10)12(17)8-2-4-9(5-3-8)13(14,15)16/h2-7,12H,17H2,1H3. The fraction of sp³-hybridized carbons (Fsp3) is 0.231. The van der Waals surface area contributed by atoms with E-state index in [1.165, 1.54) is 23.5 Å². The van der Waals surface area contributed by atoms with Crippen LogP contribution >= 0.6 is 11.3 Å². The van der Waals surface area contributed by atoms with E-state index in [2.05, 4.69) is 0 Å². The molecular formula is C13H12F3NOS. The molecule has 19 heavy (non-hydrogen) atoms. The molecule has 0 spiro atoms. The Labute approximate surface area is 112 Å². The maximum atomic E-state index is 12.4. The summed E-state index contributed by atoms with van der Waals surface area (Å²) in [6, 6.07) is 6.23. The highest BCUT2D eigenvalue weighted by Crippen LogP contribution is 2.32. The lowest BCUT2D eigenvalue weighted by Gasteiger charge is -2.12. The predicted octanol–water partition coefficient (Wildman–Crippen LogP) is 3.82. The zero-order chi connectivity index (χ0) is 14.0. The Morgan fingerprint density at radius 3 is 2.32 bits per heavy atom. The smallest absolute Gasteiger partial charge is 0.416 e. The minimum absolute atomic E-state index is 0.448. The highest BCUT2D eigenvalue weighted by atomic mass is 32.1. The maximum absolute atomic E-state index is 12.4. The van der Waals surface area contributed by atoms with E-state index in [4.69, 9.17) is 10.5 Å². The molecule has 1 aromatic carbocycles. The van der Waals surface area contributed by atoms with Crippen LogP contribution in [0, 0.1) is 0 Å². The van der Waals surface area contributed by atoms with E-state index in [9.17, 15) is 13.2 Å². The second kappa shape index (κ2) is 5.22. The fourth-order valence-electron chi connectivity index (χ4n) is 1.65. The molecule has 1 unspecified atom stereocenters. The van der Waals surface area contributed by atoms with E-state index >= 15 is 0 Å². The largest absolute Gasteiger partial charge is 0.496 e. The van der Waals surface area contributed by atoms with Gasteiger partial charge in [-0.3, -0.25) is 0 Å². The van der Waals surface area contributed by atoms with Gasteiger partial charge in [0.2, 0.25) is 0 Å². The molecular weight excluding hydrogens is 275 g/mol. The first-order chi connectivity index (χ1) is 8.91. The molecule has 6 heteroatoms. The Morgan fingerprint density at radius 2 is 1.84 bits per heavy atom. The quantitative estimate of drug-likeness (QED) is 0.931. The summed E-state index contributed by atoms with van der Waals surface area (Å²) in [4.78, 5) is 0.844. The van der Waals surface area contributed by atoms with Crippen molar-refractivity contribution in [3.8, 4) is 5.75 Å². The fourth-order valence-corrected chi connectivity index (χ4v) is 2.53. The molecule has 0 fully saturated rings. The summed E-state index contributed by atoms with van der Waals surface area (Å²) in [5, 5.41) is 1.80.